The van der Waals surface area contributed by atoms with Gasteiger partial charge in [0.15, 0.2) is 11.5 Å². The Morgan fingerprint density at radius 1 is 1.16 bits per heavy atom. The summed E-state index contributed by atoms with van der Waals surface area (Å²) in [6.07, 6.45) is 0.578. The largest absolute Gasteiger partial charge is 0.454 e. The van der Waals surface area contributed by atoms with Crippen molar-refractivity contribution in [3.05, 3.63) is 58.9 Å². The molecule has 2 atom stereocenters. The molecule has 0 bridgehead atoms. The fraction of sp³-hybridized carbons (Fsp3) is 0.417. The SMILES string of the molecule is COCC(=O)N1C[C@H](C(=O)NCc2ccc3c(c2)OCO3)C[C@H](c2ccc(F)c(C)c2)C1. The van der Waals surface area contributed by atoms with Crippen LogP contribution in [-0.2, 0) is 20.9 Å². The maximum Gasteiger partial charge on any atom is 0.248 e. The average molecular weight is 442 g/mol. The number of piperidine rings is 1. The summed E-state index contributed by atoms with van der Waals surface area (Å²) in [6.45, 7) is 3.01. The summed E-state index contributed by atoms with van der Waals surface area (Å²) in [6, 6.07) is 10.5. The van der Waals surface area contributed by atoms with Gasteiger partial charge in [0.2, 0.25) is 18.6 Å². The first-order valence-corrected chi connectivity index (χ1v) is 10.6. The van der Waals surface area contributed by atoms with Crippen LogP contribution >= 0.6 is 0 Å². The Morgan fingerprint density at radius 2 is 1.97 bits per heavy atom. The Bertz CT molecular complexity index is 1010. The first-order chi connectivity index (χ1) is 15.4. The summed E-state index contributed by atoms with van der Waals surface area (Å²) < 4.78 is 29.5. The van der Waals surface area contributed by atoms with Crippen LogP contribution in [0.4, 0.5) is 4.39 Å². The van der Waals surface area contributed by atoms with Crippen LogP contribution in [0.25, 0.3) is 0 Å². The van der Waals surface area contributed by atoms with E-state index in [2.05, 4.69) is 5.32 Å². The Kier molecular flexibility index (Phi) is 6.60. The van der Waals surface area contributed by atoms with Crippen LogP contribution in [0.5, 0.6) is 11.5 Å². The van der Waals surface area contributed by atoms with Crippen LogP contribution in [0.3, 0.4) is 0 Å². The second-order valence-electron chi connectivity index (χ2n) is 8.28. The third kappa shape index (κ3) is 4.85. The van der Waals surface area contributed by atoms with Gasteiger partial charge in [0, 0.05) is 32.7 Å². The van der Waals surface area contributed by atoms with Crippen LogP contribution in [-0.4, -0.2) is 50.3 Å². The lowest BCUT2D eigenvalue weighted by Crippen LogP contribution is -2.48. The number of rotatable bonds is 6. The van der Waals surface area contributed by atoms with Gasteiger partial charge < -0.3 is 24.4 Å². The topological polar surface area (TPSA) is 77.1 Å². The quantitative estimate of drug-likeness (QED) is 0.745. The van der Waals surface area contributed by atoms with Crippen molar-refractivity contribution in [2.75, 3.05) is 33.6 Å². The van der Waals surface area contributed by atoms with E-state index in [0.717, 1.165) is 11.1 Å². The fourth-order valence-electron chi connectivity index (χ4n) is 4.26. The van der Waals surface area contributed by atoms with Gasteiger partial charge in [0.1, 0.15) is 12.4 Å². The van der Waals surface area contributed by atoms with Gasteiger partial charge in [-0.3, -0.25) is 9.59 Å². The summed E-state index contributed by atoms with van der Waals surface area (Å²) in [7, 11) is 1.47. The monoisotopic (exact) mass is 442 g/mol. The fourth-order valence-corrected chi connectivity index (χ4v) is 4.26. The molecule has 4 rings (SSSR count). The number of carbonyl (C=O) groups is 2. The minimum atomic E-state index is -0.381. The molecular formula is C24H27FN2O5. The number of nitrogens with one attached hydrogen (secondary N) is 1. The van der Waals surface area contributed by atoms with Crippen molar-refractivity contribution in [3.8, 4) is 11.5 Å². The lowest BCUT2D eigenvalue weighted by atomic mass is 9.83. The zero-order chi connectivity index (χ0) is 22.7. The van der Waals surface area contributed by atoms with Crippen LogP contribution in [0.1, 0.15) is 29.0 Å². The molecule has 2 aromatic rings. The molecular weight excluding hydrogens is 415 g/mol. The minimum Gasteiger partial charge on any atom is -0.454 e. The van der Waals surface area contributed by atoms with Crippen molar-refractivity contribution < 1.29 is 28.2 Å². The van der Waals surface area contributed by atoms with Crippen molar-refractivity contribution >= 4 is 11.8 Å². The molecule has 170 valence electrons. The van der Waals surface area contributed by atoms with Gasteiger partial charge >= 0.3 is 0 Å². The number of halogens is 1. The third-order valence-electron chi connectivity index (χ3n) is 6.00. The van der Waals surface area contributed by atoms with Crippen molar-refractivity contribution in [3.63, 3.8) is 0 Å². The van der Waals surface area contributed by atoms with Gasteiger partial charge in [0.05, 0.1) is 5.92 Å². The van der Waals surface area contributed by atoms with Gasteiger partial charge in [0.25, 0.3) is 0 Å². The highest BCUT2D eigenvalue weighted by Gasteiger charge is 2.34. The lowest BCUT2D eigenvalue weighted by Gasteiger charge is -2.37. The molecule has 32 heavy (non-hydrogen) atoms. The Hall–Kier alpha value is -3.13. The van der Waals surface area contributed by atoms with E-state index >= 15 is 0 Å². The van der Waals surface area contributed by atoms with E-state index in [1.165, 1.54) is 13.2 Å². The first kappa shape index (κ1) is 22.1. The molecule has 2 amide bonds. The van der Waals surface area contributed by atoms with Crippen LogP contribution in [0, 0.1) is 18.7 Å². The maximum atomic E-state index is 13.8. The molecule has 1 fully saturated rings. The number of ether oxygens (including phenoxy) is 3. The highest BCUT2D eigenvalue weighted by Crippen LogP contribution is 2.33. The summed E-state index contributed by atoms with van der Waals surface area (Å²) in [5.74, 6) is 0.356. The molecule has 0 radical (unpaired) electrons. The van der Waals surface area contributed by atoms with E-state index in [4.69, 9.17) is 14.2 Å². The Morgan fingerprint density at radius 3 is 2.75 bits per heavy atom. The third-order valence-corrected chi connectivity index (χ3v) is 6.00. The average Bonchev–Trinajstić information content (AvgIpc) is 3.27. The number of likely N-dealkylation sites (tertiary alicyclic amines) is 1. The van der Waals surface area contributed by atoms with Gasteiger partial charge in [-0.25, -0.2) is 4.39 Å². The number of methoxy groups -OCH3 is 1. The normalized spacial score (nSPS) is 19.7. The molecule has 2 heterocycles. The van der Waals surface area contributed by atoms with E-state index in [9.17, 15) is 14.0 Å². The van der Waals surface area contributed by atoms with Gasteiger partial charge in [-0.15, -0.1) is 0 Å². The molecule has 1 saturated heterocycles. The van der Waals surface area contributed by atoms with Crippen LogP contribution < -0.4 is 14.8 Å². The Balaban J connectivity index is 1.46. The predicted molar refractivity (Wildman–Crippen MR) is 115 cm³/mol. The van der Waals surface area contributed by atoms with Crippen molar-refractivity contribution in [2.45, 2.75) is 25.8 Å². The number of fused-ring (bicyclic) bond motifs is 1. The second kappa shape index (κ2) is 9.56. The first-order valence-electron chi connectivity index (χ1n) is 10.6. The van der Waals surface area contributed by atoms with Crippen molar-refractivity contribution in [1.29, 1.82) is 0 Å². The van der Waals surface area contributed by atoms with Gasteiger partial charge in [-0.2, -0.15) is 0 Å². The number of amides is 2. The second-order valence-corrected chi connectivity index (χ2v) is 8.28. The molecule has 8 heteroatoms. The van der Waals surface area contributed by atoms with Crippen molar-refractivity contribution in [1.82, 2.24) is 10.2 Å². The molecule has 0 saturated carbocycles. The summed E-state index contributed by atoms with van der Waals surface area (Å²) in [5, 5.41) is 2.98. The van der Waals surface area contributed by atoms with E-state index in [1.54, 1.807) is 24.0 Å². The zero-order valence-electron chi connectivity index (χ0n) is 18.2. The molecule has 2 aromatic carbocycles. The molecule has 2 aliphatic heterocycles. The summed E-state index contributed by atoms with van der Waals surface area (Å²) in [4.78, 5) is 27.2. The highest BCUT2D eigenvalue weighted by atomic mass is 19.1. The van der Waals surface area contributed by atoms with Crippen LogP contribution in [0.15, 0.2) is 36.4 Å². The minimum absolute atomic E-state index is 0.0410. The van der Waals surface area contributed by atoms with E-state index in [-0.39, 0.29) is 42.9 Å². The standard InChI is InChI=1S/C24H27FN2O5/c1-15-7-17(4-5-20(15)25)18-9-19(12-27(11-18)23(28)13-30-2)24(29)26-10-16-3-6-21-22(8-16)32-14-31-21/h3-8,18-19H,9-14H2,1-2H3,(H,26,29)/t18-,19+/m0/s1. The zero-order valence-corrected chi connectivity index (χ0v) is 18.2. The van der Waals surface area contributed by atoms with Crippen molar-refractivity contribution in [2.24, 2.45) is 5.92 Å². The number of carbonyl (C=O) groups excluding carboxylic acids is 2. The van der Waals surface area contributed by atoms with Gasteiger partial charge in [-0.1, -0.05) is 18.2 Å². The van der Waals surface area contributed by atoms with E-state index in [0.29, 0.717) is 43.1 Å². The molecule has 1 N–H and O–H groups in total. The summed E-state index contributed by atoms with van der Waals surface area (Å²) >= 11 is 0. The number of hydrogen-bond donors (Lipinski definition) is 1. The van der Waals surface area contributed by atoms with E-state index in [1.807, 2.05) is 18.2 Å². The number of benzene rings is 2. The molecule has 0 unspecified atom stereocenters. The van der Waals surface area contributed by atoms with Crippen LogP contribution in [0.2, 0.25) is 0 Å². The smallest absolute Gasteiger partial charge is 0.248 e. The number of nitrogens with zero attached hydrogens (tertiary/aromatic N) is 1. The van der Waals surface area contributed by atoms with E-state index < -0.39 is 0 Å². The Labute approximate surface area is 186 Å². The number of hydrogen-bond acceptors (Lipinski definition) is 5. The molecule has 0 aromatic heterocycles. The highest BCUT2D eigenvalue weighted by molar-refractivity contribution is 5.82. The molecule has 0 spiro atoms. The maximum absolute atomic E-state index is 13.8. The number of aryl methyl sites for hydroxylation is 1. The predicted octanol–water partition coefficient (Wildman–Crippen LogP) is 2.76. The molecule has 7 nitrogen and oxygen atoms in total. The molecule has 2 aliphatic rings. The lowest BCUT2D eigenvalue weighted by molar-refractivity contribution is -0.139. The molecule has 0 aliphatic carbocycles. The summed E-state index contributed by atoms with van der Waals surface area (Å²) in [5.41, 5.74) is 2.37. The van der Waals surface area contributed by atoms with Gasteiger partial charge in [-0.05, 0) is 48.2 Å².